The maximum Gasteiger partial charge on any atom is 0.409 e. The molecule has 24 heavy (non-hydrogen) atoms. The third-order valence-corrected chi connectivity index (χ3v) is 5.22. The molecule has 0 unspecified atom stereocenters. The molecule has 128 valence electrons. The summed E-state index contributed by atoms with van der Waals surface area (Å²) in [6, 6.07) is 4.94. The topological polar surface area (TPSA) is 67.3 Å². The summed E-state index contributed by atoms with van der Waals surface area (Å²) in [5.74, 6) is -0.327. The average molecular weight is 415 g/mol. The minimum atomic E-state index is -0.327. The van der Waals surface area contributed by atoms with E-state index >= 15 is 0 Å². The predicted octanol–water partition coefficient (Wildman–Crippen LogP) is 3.75. The Labute approximate surface area is 151 Å². The first-order valence-corrected chi connectivity index (χ1v) is 9.06. The molecule has 9 heteroatoms. The number of anilines is 1. The molecule has 1 aromatic heterocycles. The highest BCUT2D eigenvalue weighted by Crippen LogP contribution is 2.31. The minimum absolute atomic E-state index is 0.207. The highest BCUT2D eigenvalue weighted by Gasteiger charge is 2.24. The first-order chi connectivity index (χ1) is 11.6. The van der Waals surface area contributed by atoms with Gasteiger partial charge in [-0.15, -0.1) is 10.2 Å². The first kappa shape index (κ1) is 17.1. The lowest BCUT2D eigenvalue weighted by atomic mass is 10.1. The van der Waals surface area contributed by atoms with Crippen molar-refractivity contribution in [3.63, 3.8) is 0 Å². The zero-order valence-electron chi connectivity index (χ0n) is 13.0. The van der Waals surface area contributed by atoms with Gasteiger partial charge in [0.2, 0.25) is 5.13 Å². The lowest BCUT2D eigenvalue weighted by Gasteiger charge is -2.31. The number of amides is 1. The van der Waals surface area contributed by atoms with Gasteiger partial charge in [0, 0.05) is 29.2 Å². The van der Waals surface area contributed by atoms with Gasteiger partial charge in [-0.1, -0.05) is 27.3 Å². The highest BCUT2D eigenvalue weighted by atomic mass is 79.9. The summed E-state index contributed by atoms with van der Waals surface area (Å²) >= 11 is 4.65. The number of hydrogen-bond donors (Lipinski definition) is 1. The van der Waals surface area contributed by atoms with Crippen molar-refractivity contribution < 1.29 is 13.9 Å². The first-order valence-electron chi connectivity index (χ1n) is 7.45. The van der Waals surface area contributed by atoms with Gasteiger partial charge < -0.3 is 15.0 Å². The summed E-state index contributed by atoms with van der Waals surface area (Å²) in [7, 11) is 1.39. The van der Waals surface area contributed by atoms with Crippen molar-refractivity contribution in [2.75, 3.05) is 25.5 Å². The number of hydrogen-bond acceptors (Lipinski definition) is 6. The van der Waals surface area contributed by atoms with E-state index < -0.39 is 0 Å². The Morgan fingerprint density at radius 2 is 2.17 bits per heavy atom. The van der Waals surface area contributed by atoms with Crippen molar-refractivity contribution in [3.8, 4) is 10.6 Å². The Balaban J connectivity index is 1.63. The van der Waals surface area contributed by atoms with Crippen LogP contribution in [0.3, 0.4) is 0 Å². The fraction of sp³-hybridized carbons (Fsp3) is 0.400. The van der Waals surface area contributed by atoms with E-state index in [0.717, 1.165) is 17.3 Å². The number of halogens is 2. The lowest BCUT2D eigenvalue weighted by molar-refractivity contribution is 0.113. The van der Waals surface area contributed by atoms with Crippen LogP contribution in [-0.2, 0) is 4.74 Å². The van der Waals surface area contributed by atoms with Crippen molar-refractivity contribution in [1.82, 2.24) is 15.1 Å². The maximum absolute atomic E-state index is 13.9. The molecule has 0 radical (unpaired) electrons. The molecular weight excluding hydrogens is 399 g/mol. The average Bonchev–Trinajstić information content (AvgIpc) is 3.05. The van der Waals surface area contributed by atoms with Crippen molar-refractivity contribution in [2.45, 2.75) is 18.9 Å². The molecule has 1 saturated heterocycles. The molecule has 6 nitrogen and oxygen atoms in total. The van der Waals surface area contributed by atoms with Crippen LogP contribution >= 0.6 is 27.3 Å². The Bertz CT molecular complexity index is 734. The molecule has 1 N–H and O–H groups in total. The Hall–Kier alpha value is -1.74. The van der Waals surface area contributed by atoms with Gasteiger partial charge in [0.25, 0.3) is 0 Å². The number of carbonyl (C=O) groups excluding carboxylic acids is 1. The van der Waals surface area contributed by atoms with Crippen LogP contribution in [0.5, 0.6) is 0 Å². The summed E-state index contributed by atoms with van der Waals surface area (Å²) < 4.78 is 19.4. The molecule has 1 aliphatic rings. The normalized spacial score (nSPS) is 15.4. The zero-order chi connectivity index (χ0) is 17.1. The minimum Gasteiger partial charge on any atom is -0.453 e. The van der Waals surface area contributed by atoms with Gasteiger partial charge in [-0.2, -0.15) is 0 Å². The molecule has 1 aliphatic heterocycles. The molecule has 0 saturated carbocycles. The van der Waals surface area contributed by atoms with Gasteiger partial charge in [-0.25, -0.2) is 9.18 Å². The van der Waals surface area contributed by atoms with Crippen LogP contribution < -0.4 is 5.32 Å². The van der Waals surface area contributed by atoms with Crippen LogP contribution in [0, 0.1) is 5.82 Å². The van der Waals surface area contributed by atoms with E-state index in [0.29, 0.717) is 28.8 Å². The molecule has 2 aromatic rings. The van der Waals surface area contributed by atoms with Crippen molar-refractivity contribution >= 4 is 38.5 Å². The molecule has 0 aliphatic carbocycles. The Morgan fingerprint density at radius 3 is 2.88 bits per heavy atom. The van der Waals surface area contributed by atoms with Crippen LogP contribution in [0.15, 0.2) is 22.7 Å². The highest BCUT2D eigenvalue weighted by molar-refractivity contribution is 9.10. The van der Waals surface area contributed by atoms with Gasteiger partial charge in [0.15, 0.2) is 5.01 Å². The second-order valence-corrected chi connectivity index (χ2v) is 7.31. The van der Waals surface area contributed by atoms with E-state index in [4.69, 9.17) is 4.74 Å². The molecule has 0 atom stereocenters. The number of nitrogens with one attached hydrogen (secondary N) is 1. The molecule has 0 spiro atoms. The Kier molecular flexibility index (Phi) is 5.30. The molecule has 3 rings (SSSR count). The smallest absolute Gasteiger partial charge is 0.409 e. The molecule has 1 aromatic carbocycles. The quantitative estimate of drug-likeness (QED) is 0.827. The molecular formula is C15H16BrFN4O2S. The zero-order valence-corrected chi connectivity index (χ0v) is 15.4. The number of likely N-dealkylation sites (tertiary alicyclic amines) is 1. The third kappa shape index (κ3) is 3.84. The summed E-state index contributed by atoms with van der Waals surface area (Å²) in [4.78, 5) is 13.2. The molecule has 1 amide bonds. The number of carbonyl (C=O) groups is 1. The van der Waals surface area contributed by atoms with E-state index in [-0.39, 0.29) is 18.0 Å². The van der Waals surface area contributed by atoms with Crippen LogP contribution in [0.2, 0.25) is 0 Å². The summed E-state index contributed by atoms with van der Waals surface area (Å²) in [6.45, 7) is 1.27. The number of aromatic nitrogens is 2. The van der Waals surface area contributed by atoms with Gasteiger partial charge in [-0.3, -0.25) is 0 Å². The van der Waals surface area contributed by atoms with Crippen molar-refractivity contribution in [3.05, 3.63) is 28.5 Å². The second-order valence-electron chi connectivity index (χ2n) is 5.41. The van der Waals surface area contributed by atoms with Crippen LogP contribution in [-0.4, -0.2) is 47.4 Å². The van der Waals surface area contributed by atoms with E-state index in [1.54, 1.807) is 17.0 Å². The third-order valence-electron chi connectivity index (χ3n) is 3.84. The largest absolute Gasteiger partial charge is 0.453 e. The SMILES string of the molecule is COC(=O)N1CCC(Nc2nnc(-c3cc(Br)ccc3F)s2)CC1. The number of piperidine rings is 1. The molecule has 1 fully saturated rings. The van der Waals surface area contributed by atoms with Gasteiger partial charge in [-0.05, 0) is 31.0 Å². The number of methoxy groups -OCH3 is 1. The van der Waals surface area contributed by atoms with E-state index in [9.17, 15) is 9.18 Å². The standard InChI is InChI=1S/C15H16BrFN4O2S/c1-23-15(22)21-6-4-10(5-7-21)18-14-20-19-13(24-14)11-8-9(16)2-3-12(11)17/h2-3,8,10H,4-7H2,1H3,(H,18,20). The molecule has 0 bridgehead atoms. The summed E-state index contributed by atoms with van der Waals surface area (Å²) in [6.07, 6.45) is 1.31. The van der Waals surface area contributed by atoms with Gasteiger partial charge in [0.1, 0.15) is 5.82 Å². The second kappa shape index (κ2) is 7.43. The fourth-order valence-electron chi connectivity index (χ4n) is 2.56. The van der Waals surface area contributed by atoms with Crippen LogP contribution in [0.1, 0.15) is 12.8 Å². The molecule has 2 heterocycles. The van der Waals surface area contributed by atoms with Gasteiger partial charge >= 0.3 is 6.09 Å². The summed E-state index contributed by atoms with van der Waals surface area (Å²) in [5.41, 5.74) is 0.426. The Morgan fingerprint density at radius 1 is 1.42 bits per heavy atom. The summed E-state index contributed by atoms with van der Waals surface area (Å²) in [5, 5.41) is 12.7. The van der Waals surface area contributed by atoms with Crippen molar-refractivity contribution in [2.24, 2.45) is 0 Å². The van der Waals surface area contributed by atoms with E-state index in [2.05, 4.69) is 31.4 Å². The van der Waals surface area contributed by atoms with Gasteiger partial charge in [0.05, 0.1) is 7.11 Å². The number of ether oxygens (including phenoxy) is 1. The van der Waals surface area contributed by atoms with E-state index in [1.807, 2.05) is 0 Å². The van der Waals surface area contributed by atoms with Crippen LogP contribution in [0.4, 0.5) is 14.3 Å². The number of nitrogens with zero attached hydrogens (tertiary/aromatic N) is 3. The number of rotatable bonds is 3. The maximum atomic E-state index is 13.9. The lowest BCUT2D eigenvalue weighted by Crippen LogP contribution is -2.42. The number of benzene rings is 1. The monoisotopic (exact) mass is 414 g/mol. The van der Waals surface area contributed by atoms with Crippen molar-refractivity contribution in [1.29, 1.82) is 0 Å². The predicted molar refractivity (Wildman–Crippen MR) is 93.6 cm³/mol. The fourth-order valence-corrected chi connectivity index (χ4v) is 3.76. The van der Waals surface area contributed by atoms with E-state index in [1.165, 1.54) is 24.5 Å². The van der Waals surface area contributed by atoms with Crippen LogP contribution in [0.25, 0.3) is 10.6 Å².